The van der Waals surface area contributed by atoms with E-state index in [1.807, 2.05) is 6.92 Å². The summed E-state index contributed by atoms with van der Waals surface area (Å²) in [5.41, 5.74) is 2.80. The number of rotatable bonds is 6. The predicted octanol–water partition coefficient (Wildman–Crippen LogP) is 3.32. The molecule has 17 heavy (non-hydrogen) atoms. The topological polar surface area (TPSA) is 12.0 Å². The summed E-state index contributed by atoms with van der Waals surface area (Å²) in [6, 6.07) is 9.08. The zero-order valence-electron chi connectivity index (χ0n) is 11.2. The second-order valence-corrected chi connectivity index (χ2v) is 4.41. The molecule has 0 aliphatic rings. The fourth-order valence-electron chi connectivity index (χ4n) is 1.89. The van der Waals surface area contributed by atoms with Crippen LogP contribution in [0.25, 0.3) is 0 Å². The highest BCUT2D eigenvalue weighted by molar-refractivity contribution is 5.26. The molecule has 0 aliphatic heterocycles. The van der Waals surface area contributed by atoms with Crippen molar-refractivity contribution in [2.75, 3.05) is 6.54 Å². The lowest BCUT2D eigenvalue weighted by Gasteiger charge is -2.17. The van der Waals surface area contributed by atoms with Crippen LogP contribution in [0.2, 0.25) is 0 Å². The van der Waals surface area contributed by atoms with Crippen molar-refractivity contribution < 1.29 is 0 Å². The number of hydrogen-bond donors (Lipinski definition) is 1. The molecular formula is C16H23N. The molecule has 1 N–H and O–H groups in total. The van der Waals surface area contributed by atoms with Crippen LogP contribution in [0.3, 0.4) is 0 Å². The normalized spacial score (nSPS) is 11.7. The molecule has 1 nitrogen and oxygen atoms in total. The van der Waals surface area contributed by atoms with Crippen LogP contribution in [-0.2, 0) is 6.42 Å². The average molecular weight is 229 g/mol. The molecule has 0 radical (unpaired) electrons. The van der Waals surface area contributed by atoms with E-state index in [0.29, 0.717) is 6.04 Å². The van der Waals surface area contributed by atoms with Crippen molar-refractivity contribution in [3.63, 3.8) is 0 Å². The first kappa shape index (κ1) is 13.8. The Hall–Kier alpha value is -1.26. The van der Waals surface area contributed by atoms with Gasteiger partial charge in [-0.05, 0) is 44.4 Å². The van der Waals surface area contributed by atoms with Crippen molar-refractivity contribution in [2.45, 2.75) is 46.1 Å². The van der Waals surface area contributed by atoms with Gasteiger partial charge in [0.1, 0.15) is 0 Å². The molecule has 0 bridgehead atoms. The van der Waals surface area contributed by atoms with Crippen LogP contribution in [0.1, 0.15) is 37.8 Å². The summed E-state index contributed by atoms with van der Waals surface area (Å²) in [5, 5.41) is 3.58. The summed E-state index contributed by atoms with van der Waals surface area (Å²) >= 11 is 0. The molecule has 92 valence electrons. The maximum Gasteiger partial charge on any atom is 0.0246 e. The van der Waals surface area contributed by atoms with E-state index >= 15 is 0 Å². The van der Waals surface area contributed by atoms with E-state index in [1.54, 1.807) is 0 Å². The number of aryl methyl sites for hydroxylation is 1. The van der Waals surface area contributed by atoms with E-state index in [-0.39, 0.29) is 0 Å². The molecule has 1 aromatic carbocycles. The monoisotopic (exact) mass is 229 g/mol. The smallest absolute Gasteiger partial charge is 0.0246 e. The van der Waals surface area contributed by atoms with Gasteiger partial charge < -0.3 is 5.32 Å². The van der Waals surface area contributed by atoms with Crippen LogP contribution < -0.4 is 5.32 Å². The van der Waals surface area contributed by atoms with Crippen LogP contribution in [0, 0.1) is 18.8 Å². The van der Waals surface area contributed by atoms with Crippen molar-refractivity contribution in [3.8, 4) is 11.8 Å². The van der Waals surface area contributed by atoms with Crippen molar-refractivity contribution >= 4 is 0 Å². The minimum Gasteiger partial charge on any atom is -0.313 e. The highest BCUT2D eigenvalue weighted by Gasteiger charge is 2.08. The Labute approximate surface area is 106 Å². The van der Waals surface area contributed by atoms with Crippen LogP contribution in [0.15, 0.2) is 24.3 Å². The van der Waals surface area contributed by atoms with E-state index < -0.39 is 0 Å². The first-order valence-electron chi connectivity index (χ1n) is 6.45. The lowest BCUT2D eigenvalue weighted by molar-refractivity contribution is 0.516. The molecule has 0 heterocycles. The van der Waals surface area contributed by atoms with Gasteiger partial charge in [-0.15, -0.1) is 11.8 Å². The predicted molar refractivity (Wildman–Crippen MR) is 75.0 cm³/mol. The average Bonchev–Trinajstić information content (AvgIpc) is 2.35. The molecule has 0 spiro atoms. The van der Waals surface area contributed by atoms with E-state index in [2.05, 4.69) is 55.3 Å². The van der Waals surface area contributed by atoms with Gasteiger partial charge in [-0.3, -0.25) is 0 Å². The Morgan fingerprint density at radius 1 is 1.29 bits per heavy atom. The number of nitrogens with one attached hydrogen (secondary N) is 1. The summed E-state index contributed by atoms with van der Waals surface area (Å²) in [6.07, 6.45) is 3.18. The van der Waals surface area contributed by atoms with Crippen LogP contribution >= 0.6 is 0 Å². The highest BCUT2D eigenvalue weighted by atomic mass is 14.9. The summed E-state index contributed by atoms with van der Waals surface area (Å²) in [6.45, 7) is 7.35. The van der Waals surface area contributed by atoms with E-state index in [9.17, 15) is 0 Å². The molecule has 0 aromatic heterocycles. The molecule has 0 aliphatic carbocycles. The van der Waals surface area contributed by atoms with Gasteiger partial charge in [0.25, 0.3) is 0 Å². The quantitative estimate of drug-likeness (QED) is 0.738. The molecule has 1 atom stereocenters. The van der Waals surface area contributed by atoms with Gasteiger partial charge in [-0.25, -0.2) is 0 Å². The molecule has 0 saturated heterocycles. The maximum atomic E-state index is 3.58. The zero-order chi connectivity index (χ0) is 12.5. The third-order valence-corrected chi connectivity index (χ3v) is 2.94. The van der Waals surface area contributed by atoms with Gasteiger partial charge in [0.2, 0.25) is 0 Å². The number of benzene rings is 1. The summed E-state index contributed by atoms with van der Waals surface area (Å²) in [4.78, 5) is 0. The van der Waals surface area contributed by atoms with Gasteiger partial charge in [-0.2, -0.15) is 0 Å². The fourth-order valence-corrected chi connectivity index (χ4v) is 1.89. The van der Waals surface area contributed by atoms with E-state index in [4.69, 9.17) is 0 Å². The first-order chi connectivity index (χ1) is 8.27. The van der Waals surface area contributed by atoms with Crippen molar-refractivity contribution in [3.05, 3.63) is 35.4 Å². The second kappa shape index (κ2) is 7.92. The molecule has 1 heteroatoms. The lowest BCUT2D eigenvalue weighted by Crippen LogP contribution is -2.31. The summed E-state index contributed by atoms with van der Waals surface area (Å²) in [5.74, 6) is 6.17. The largest absolute Gasteiger partial charge is 0.313 e. The van der Waals surface area contributed by atoms with Crippen LogP contribution in [0.5, 0.6) is 0 Å². The zero-order valence-corrected chi connectivity index (χ0v) is 11.2. The Morgan fingerprint density at radius 3 is 2.71 bits per heavy atom. The van der Waals surface area contributed by atoms with E-state index in [0.717, 1.165) is 19.4 Å². The summed E-state index contributed by atoms with van der Waals surface area (Å²) < 4.78 is 0. The van der Waals surface area contributed by atoms with Gasteiger partial charge in [0.15, 0.2) is 0 Å². The third kappa shape index (κ3) is 5.06. The van der Waals surface area contributed by atoms with Gasteiger partial charge in [0, 0.05) is 12.5 Å². The van der Waals surface area contributed by atoms with Crippen molar-refractivity contribution in [1.29, 1.82) is 0 Å². The first-order valence-corrected chi connectivity index (χ1v) is 6.45. The van der Waals surface area contributed by atoms with Crippen LogP contribution in [-0.4, -0.2) is 12.6 Å². The Kier molecular flexibility index (Phi) is 6.43. The minimum absolute atomic E-state index is 0.475. The van der Waals surface area contributed by atoms with E-state index in [1.165, 1.54) is 17.5 Å². The third-order valence-electron chi connectivity index (χ3n) is 2.94. The molecule has 1 unspecified atom stereocenters. The Bertz CT molecular complexity index is 384. The van der Waals surface area contributed by atoms with Gasteiger partial charge >= 0.3 is 0 Å². The Morgan fingerprint density at radius 2 is 2.06 bits per heavy atom. The lowest BCUT2D eigenvalue weighted by atomic mass is 9.99. The molecule has 0 fully saturated rings. The van der Waals surface area contributed by atoms with Crippen molar-refractivity contribution in [1.82, 2.24) is 5.32 Å². The SMILES string of the molecule is CC#CCC(Cc1ccccc1C)NCCC. The molecular weight excluding hydrogens is 206 g/mol. The molecule has 1 aromatic rings. The molecule has 0 amide bonds. The second-order valence-electron chi connectivity index (χ2n) is 4.41. The van der Waals surface area contributed by atoms with Gasteiger partial charge in [0.05, 0.1) is 0 Å². The summed E-state index contributed by atoms with van der Waals surface area (Å²) in [7, 11) is 0. The highest BCUT2D eigenvalue weighted by Crippen LogP contribution is 2.11. The maximum absolute atomic E-state index is 3.58. The van der Waals surface area contributed by atoms with Gasteiger partial charge in [-0.1, -0.05) is 31.2 Å². The number of hydrogen-bond acceptors (Lipinski definition) is 1. The van der Waals surface area contributed by atoms with Crippen LogP contribution in [0.4, 0.5) is 0 Å². The molecule has 0 saturated carbocycles. The standard InChI is InChI=1S/C16H23N/c1-4-6-11-16(17-12-5-2)13-15-10-8-7-9-14(15)3/h7-10,16-17H,5,11-13H2,1-3H3. The fraction of sp³-hybridized carbons (Fsp3) is 0.500. The van der Waals surface area contributed by atoms with Crippen molar-refractivity contribution in [2.24, 2.45) is 0 Å². The molecule has 1 rings (SSSR count). The minimum atomic E-state index is 0.475. The Balaban J connectivity index is 2.63.